The Hall–Kier alpha value is -2.00. The molecule has 0 spiro atoms. The van der Waals surface area contributed by atoms with Crippen LogP contribution in [0.1, 0.15) is 42.6 Å². The molecule has 3 heteroatoms. The summed E-state index contributed by atoms with van der Waals surface area (Å²) in [5, 5.41) is 23.2. The quantitative estimate of drug-likeness (QED) is 0.792. The number of benzene rings is 2. The topological polar surface area (TPSA) is 52.5 Å². The van der Waals surface area contributed by atoms with Gasteiger partial charge in [0.25, 0.3) is 0 Å². The van der Waals surface area contributed by atoms with Crippen molar-refractivity contribution in [1.82, 2.24) is 5.32 Å². The molecule has 0 amide bonds. The van der Waals surface area contributed by atoms with Crippen molar-refractivity contribution in [2.24, 2.45) is 0 Å². The van der Waals surface area contributed by atoms with Gasteiger partial charge in [-0.15, -0.1) is 0 Å². The SMILES string of the molecule is Cc1ccc([C@@H](C)NC(C)c2c(O)cccc2O)cc1. The highest BCUT2D eigenvalue weighted by atomic mass is 16.3. The van der Waals surface area contributed by atoms with Crippen molar-refractivity contribution >= 4 is 0 Å². The molecule has 0 heterocycles. The molecule has 0 aliphatic carbocycles. The van der Waals surface area contributed by atoms with Crippen LogP contribution in [-0.2, 0) is 0 Å². The highest BCUT2D eigenvalue weighted by Crippen LogP contribution is 2.33. The Morgan fingerprint density at radius 2 is 1.40 bits per heavy atom. The molecule has 0 fully saturated rings. The predicted molar refractivity (Wildman–Crippen MR) is 80.9 cm³/mol. The molecule has 0 saturated carbocycles. The van der Waals surface area contributed by atoms with E-state index >= 15 is 0 Å². The van der Waals surface area contributed by atoms with E-state index in [9.17, 15) is 10.2 Å². The van der Waals surface area contributed by atoms with E-state index in [-0.39, 0.29) is 23.6 Å². The van der Waals surface area contributed by atoms with Crippen molar-refractivity contribution in [3.8, 4) is 11.5 Å². The molecule has 2 aromatic rings. The molecular formula is C17H21NO2. The normalized spacial score (nSPS) is 13.9. The summed E-state index contributed by atoms with van der Waals surface area (Å²) in [4.78, 5) is 0. The Balaban J connectivity index is 2.15. The third-order valence-electron chi connectivity index (χ3n) is 3.57. The molecule has 0 aliphatic heterocycles. The van der Waals surface area contributed by atoms with E-state index in [2.05, 4.69) is 43.4 Å². The zero-order valence-electron chi connectivity index (χ0n) is 12.1. The summed E-state index contributed by atoms with van der Waals surface area (Å²) in [6.45, 7) is 6.06. The molecule has 0 aliphatic rings. The van der Waals surface area contributed by atoms with Gasteiger partial charge in [-0.05, 0) is 38.5 Å². The monoisotopic (exact) mass is 271 g/mol. The lowest BCUT2D eigenvalue weighted by Gasteiger charge is -2.22. The average Bonchev–Trinajstić information content (AvgIpc) is 2.39. The lowest BCUT2D eigenvalue weighted by atomic mass is 10.0. The van der Waals surface area contributed by atoms with E-state index in [1.165, 1.54) is 11.1 Å². The fourth-order valence-electron chi connectivity index (χ4n) is 2.39. The minimum Gasteiger partial charge on any atom is -0.507 e. The zero-order valence-corrected chi connectivity index (χ0v) is 12.1. The molecule has 0 saturated heterocycles. The van der Waals surface area contributed by atoms with Crippen molar-refractivity contribution in [3.63, 3.8) is 0 Å². The molecule has 1 unspecified atom stereocenters. The Bertz CT molecular complexity index is 558. The Morgan fingerprint density at radius 3 is 1.95 bits per heavy atom. The fraction of sp³-hybridized carbons (Fsp3) is 0.294. The molecule has 20 heavy (non-hydrogen) atoms. The van der Waals surface area contributed by atoms with Crippen molar-refractivity contribution in [2.75, 3.05) is 0 Å². The number of phenols is 2. The first kappa shape index (κ1) is 14.4. The Morgan fingerprint density at radius 1 is 0.850 bits per heavy atom. The number of rotatable bonds is 4. The molecule has 3 N–H and O–H groups in total. The highest BCUT2D eigenvalue weighted by Gasteiger charge is 2.17. The van der Waals surface area contributed by atoms with E-state index in [1.807, 2.05) is 6.92 Å². The fourth-order valence-corrected chi connectivity index (χ4v) is 2.39. The molecule has 3 nitrogen and oxygen atoms in total. The highest BCUT2D eigenvalue weighted by molar-refractivity contribution is 5.45. The smallest absolute Gasteiger partial charge is 0.124 e. The summed E-state index contributed by atoms with van der Waals surface area (Å²) in [7, 11) is 0. The average molecular weight is 271 g/mol. The zero-order chi connectivity index (χ0) is 14.7. The van der Waals surface area contributed by atoms with Crippen LogP contribution >= 0.6 is 0 Å². The van der Waals surface area contributed by atoms with E-state index < -0.39 is 0 Å². The van der Waals surface area contributed by atoms with E-state index in [0.29, 0.717) is 5.56 Å². The van der Waals surface area contributed by atoms with Gasteiger partial charge in [-0.25, -0.2) is 0 Å². The summed E-state index contributed by atoms with van der Waals surface area (Å²) >= 11 is 0. The van der Waals surface area contributed by atoms with E-state index in [0.717, 1.165) is 0 Å². The van der Waals surface area contributed by atoms with Crippen LogP contribution in [0, 0.1) is 6.92 Å². The lowest BCUT2D eigenvalue weighted by Crippen LogP contribution is -2.22. The number of hydrogen-bond donors (Lipinski definition) is 3. The Kier molecular flexibility index (Phi) is 4.30. The first-order valence-corrected chi connectivity index (χ1v) is 6.82. The van der Waals surface area contributed by atoms with Crippen LogP contribution in [0.15, 0.2) is 42.5 Å². The minimum absolute atomic E-state index is 0.112. The van der Waals surface area contributed by atoms with Gasteiger partial charge in [-0.1, -0.05) is 35.9 Å². The van der Waals surface area contributed by atoms with Gasteiger partial charge in [0.15, 0.2) is 0 Å². The summed E-state index contributed by atoms with van der Waals surface area (Å²) in [5.41, 5.74) is 2.94. The van der Waals surface area contributed by atoms with Gasteiger partial charge in [-0.3, -0.25) is 0 Å². The maximum Gasteiger partial charge on any atom is 0.124 e. The predicted octanol–water partition coefficient (Wildman–Crippen LogP) is 3.82. The van der Waals surface area contributed by atoms with Gasteiger partial charge in [0.2, 0.25) is 0 Å². The third kappa shape index (κ3) is 3.11. The third-order valence-corrected chi connectivity index (χ3v) is 3.57. The van der Waals surface area contributed by atoms with Crippen molar-refractivity contribution in [2.45, 2.75) is 32.9 Å². The first-order valence-electron chi connectivity index (χ1n) is 6.82. The lowest BCUT2D eigenvalue weighted by molar-refractivity contribution is 0.407. The molecule has 2 atom stereocenters. The second-order valence-electron chi connectivity index (χ2n) is 5.23. The molecule has 2 rings (SSSR count). The van der Waals surface area contributed by atoms with Gasteiger partial charge < -0.3 is 15.5 Å². The van der Waals surface area contributed by atoms with Crippen LogP contribution in [0.4, 0.5) is 0 Å². The van der Waals surface area contributed by atoms with Crippen molar-refractivity contribution in [3.05, 3.63) is 59.2 Å². The van der Waals surface area contributed by atoms with Gasteiger partial charge in [0.05, 0.1) is 5.56 Å². The van der Waals surface area contributed by atoms with Gasteiger partial charge in [0, 0.05) is 12.1 Å². The molecular weight excluding hydrogens is 250 g/mol. The number of hydrogen-bond acceptors (Lipinski definition) is 3. The second kappa shape index (κ2) is 5.97. The summed E-state index contributed by atoms with van der Waals surface area (Å²) < 4.78 is 0. The summed E-state index contributed by atoms with van der Waals surface area (Å²) in [6, 6.07) is 13.1. The summed E-state index contributed by atoms with van der Waals surface area (Å²) in [5.74, 6) is 0.224. The van der Waals surface area contributed by atoms with Crippen LogP contribution in [0.25, 0.3) is 0 Å². The van der Waals surface area contributed by atoms with Gasteiger partial charge in [0.1, 0.15) is 11.5 Å². The van der Waals surface area contributed by atoms with Crippen LogP contribution in [0.2, 0.25) is 0 Å². The van der Waals surface area contributed by atoms with Crippen LogP contribution in [0.3, 0.4) is 0 Å². The molecule has 106 valence electrons. The second-order valence-corrected chi connectivity index (χ2v) is 5.23. The number of aromatic hydroxyl groups is 2. The molecule has 2 aromatic carbocycles. The number of nitrogens with one attached hydrogen (secondary N) is 1. The van der Waals surface area contributed by atoms with Crippen LogP contribution < -0.4 is 5.32 Å². The van der Waals surface area contributed by atoms with Crippen LogP contribution in [-0.4, -0.2) is 10.2 Å². The standard InChI is InChI=1S/C17H21NO2/c1-11-7-9-14(10-8-11)12(2)18-13(3)17-15(19)5-4-6-16(17)20/h4-10,12-13,18-20H,1-3H3/t12-,13?/m1/s1. The molecule has 0 radical (unpaired) electrons. The Labute approximate surface area is 119 Å². The van der Waals surface area contributed by atoms with E-state index in [1.54, 1.807) is 18.2 Å². The molecule has 0 bridgehead atoms. The summed E-state index contributed by atoms with van der Waals surface area (Å²) in [6.07, 6.45) is 0. The number of phenolic OH excluding ortho intramolecular Hbond substituents is 2. The van der Waals surface area contributed by atoms with Gasteiger partial charge >= 0.3 is 0 Å². The van der Waals surface area contributed by atoms with E-state index in [4.69, 9.17) is 0 Å². The van der Waals surface area contributed by atoms with Crippen LogP contribution in [0.5, 0.6) is 11.5 Å². The molecule has 0 aromatic heterocycles. The minimum atomic E-state index is -0.146. The largest absolute Gasteiger partial charge is 0.507 e. The number of aryl methyl sites for hydroxylation is 1. The van der Waals surface area contributed by atoms with Crippen molar-refractivity contribution in [1.29, 1.82) is 0 Å². The van der Waals surface area contributed by atoms with Gasteiger partial charge in [-0.2, -0.15) is 0 Å². The maximum absolute atomic E-state index is 9.88. The van der Waals surface area contributed by atoms with Crippen molar-refractivity contribution < 1.29 is 10.2 Å². The maximum atomic E-state index is 9.88. The first-order chi connectivity index (χ1) is 9.49.